The zero-order chi connectivity index (χ0) is 13.3. The first-order valence-electron chi connectivity index (χ1n) is 6.64. The molecule has 0 heterocycles. The molecule has 2 atom stereocenters. The summed E-state index contributed by atoms with van der Waals surface area (Å²) in [6.07, 6.45) is 2.48. The van der Waals surface area contributed by atoms with Crippen LogP contribution in [0.2, 0.25) is 10.0 Å². The summed E-state index contributed by atoms with van der Waals surface area (Å²) >= 11 is 12.4. The highest BCUT2D eigenvalue weighted by atomic mass is 35.5. The van der Waals surface area contributed by atoms with Crippen molar-refractivity contribution >= 4 is 23.2 Å². The van der Waals surface area contributed by atoms with Gasteiger partial charge in [-0.3, -0.25) is 0 Å². The van der Waals surface area contributed by atoms with Crippen molar-refractivity contribution in [3.05, 3.63) is 33.8 Å². The number of halogens is 2. The fraction of sp³-hybridized carbons (Fsp3) is 0.600. The lowest BCUT2D eigenvalue weighted by Gasteiger charge is -2.49. The maximum absolute atomic E-state index is 6.39. The van der Waals surface area contributed by atoms with Gasteiger partial charge < -0.3 is 5.32 Å². The van der Waals surface area contributed by atoms with Gasteiger partial charge in [0.1, 0.15) is 0 Å². The normalized spacial score (nSPS) is 27.3. The Balaban J connectivity index is 2.29. The van der Waals surface area contributed by atoms with Crippen LogP contribution in [0.1, 0.15) is 39.2 Å². The van der Waals surface area contributed by atoms with E-state index in [2.05, 4.69) is 32.2 Å². The Morgan fingerprint density at radius 1 is 1.39 bits per heavy atom. The summed E-state index contributed by atoms with van der Waals surface area (Å²) in [7, 11) is 0. The summed E-state index contributed by atoms with van der Waals surface area (Å²) in [6, 6.07) is 6.41. The van der Waals surface area contributed by atoms with Gasteiger partial charge in [-0.2, -0.15) is 0 Å². The second-order valence-corrected chi connectivity index (χ2v) is 6.60. The topological polar surface area (TPSA) is 12.0 Å². The average Bonchev–Trinajstić information content (AvgIpc) is 2.29. The van der Waals surface area contributed by atoms with Crippen LogP contribution in [0.25, 0.3) is 0 Å². The van der Waals surface area contributed by atoms with Gasteiger partial charge in [0.25, 0.3) is 0 Å². The highest BCUT2D eigenvalue weighted by Gasteiger charge is 2.46. The smallest absolute Gasteiger partial charge is 0.0459 e. The average molecular weight is 286 g/mol. The Bertz CT molecular complexity index is 431. The molecule has 1 aliphatic rings. The molecular weight excluding hydrogens is 265 g/mol. The molecule has 0 spiro atoms. The predicted octanol–water partition coefficient (Wildman–Crippen LogP) is 4.66. The third kappa shape index (κ3) is 2.54. The molecule has 1 aromatic carbocycles. The first-order valence-corrected chi connectivity index (χ1v) is 7.40. The van der Waals surface area contributed by atoms with Gasteiger partial charge in [0.15, 0.2) is 0 Å². The molecule has 1 fully saturated rings. The van der Waals surface area contributed by atoms with Gasteiger partial charge in [0, 0.05) is 28.0 Å². The van der Waals surface area contributed by atoms with Gasteiger partial charge in [-0.05, 0) is 36.5 Å². The number of benzene rings is 1. The molecule has 0 amide bonds. The monoisotopic (exact) mass is 285 g/mol. The van der Waals surface area contributed by atoms with Crippen LogP contribution in [0.3, 0.4) is 0 Å². The van der Waals surface area contributed by atoms with Crippen molar-refractivity contribution in [3.8, 4) is 0 Å². The van der Waals surface area contributed by atoms with Crippen molar-refractivity contribution in [2.24, 2.45) is 5.92 Å². The fourth-order valence-electron chi connectivity index (χ4n) is 2.82. The summed E-state index contributed by atoms with van der Waals surface area (Å²) in [5.74, 6) is 0.669. The molecule has 1 nitrogen and oxygen atoms in total. The molecule has 1 saturated carbocycles. The summed E-state index contributed by atoms with van der Waals surface area (Å²) in [4.78, 5) is 0. The summed E-state index contributed by atoms with van der Waals surface area (Å²) < 4.78 is 0. The van der Waals surface area contributed by atoms with E-state index in [1.54, 1.807) is 0 Å². The van der Waals surface area contributed by atoms with Crippen LogP contribution in [-0.2, 0) is 5.41 Å². The molecule has 3 heteroatoms. The van der Waals surface area contributed by atoms with Crippen molar-refractivity contribution in [2.45, 2.75) is 45.1 Å². The highest BCUT2D eigenvalue weighted by Crippen LogP contribution is 2.50. The molecule has 1 N–H and O–H groups in total. The van der Waals surface area contributed by atoms with Gasteiger partial charge in [0.2, 0.25) is 0 Å². The predicted molar refractivity (Wildman–Crippen MR) is 79.7 cm³/mol. The lowest BCUT2D eigenvalue weighted by atomic mass is 9.57. The second-order valence-electron chi connectivity index (χ2n) is 5.76. The Morgan fingerprint density at radius 3 is 2.56 bits per heavy atom. The molecule has 0 radical (unpaired) electrons. The van der Waals surface area contributed by atoms with Crippen molar-refractivity contribution in [1.82, 2.24) is 5.32 Å². The second kappa shape index (κ2) is 5.40. The first kappa shape index (κ1) is 14.2. The van der Waals surface area contributed by atoms with Crippen molar-refractivity contribution < 1.29 is 0 Å². The minimum absolute atomic E-state index is 0.186. The Hall–Kier alpha value is -0.240. The fourth-order valence-corrected chi connectivity index (χ4v) is 3.42. The van der Waals surface area contributed by atoms with Gasteiger partial charge in [-0.1, -0.05) is 50.0 Å². The Labute approximate surface area is 120 Å². The van der Waals surface area contributed by atoms with Gasteiger partial charge >= 0.3 is 0 Å². The molecule has 100 valence electrons. The number of nitrogens with one attached hydrogen (secondary N) is 1. The van der Waals surface area contributed by atoms with E-state index in [0.717, 1.165) is 11.6 Å². The zero-order valence-electron chi connectivity index (χ0n) is 11.3. The van der Waals surface area contributed by atoms with E-state index in [9.17, 15) is 0 Å². The first-order chi connectivity index (χ1) is 8.45. The van der Waals surface area contributed by atoms with Crippen LogP contribution in [0.5, 0.6) is 0 Å². The molecule has 0 bridgehead atoms. The molecule has 2 rings (SSSR count). The molecule has 1 aromatic rings. The van der Waals surface area contributed by atoms with Crippen LogP contribution in [-0.4, -0.2) is 12.6 Å². The van der Waals surface area contributed by atoms with E-state index >= 15 is 0 Å². The molecular formula is C15H21Cl2N. The van der Waals surface area contributed by atoms with E-state index in [0.29, 0.717) is 17.0 Å². The number of rotatable bonds is 4. The lowest BCUT2D eigenvalue weighted by Crippen LogP contribution is -2.51. The number of hydrogen-bond donors (Lipinski definition) is 1. The van der Waals surface area contributed by atoms with Crippen LogP contribution in [0.4, 0.5) is 0 Å². The van der Waals surface area contributed by atoms with Gasteiger partial charge in [-0.25, -0.2) is 0 Å². The van der Waals surface area contributed by atoms with E-state index < -0.39 is 0 Å². The summed E-state index contributed by atoms with van der Waals surface area (Å²) in [5, 5.41) is 5.08. The Morgan fingerprint density at radius 2 is 2.11 bits per heavy atom. The third-order valence-electron chi connectivity index (χ3n) is 4.26. The third-order valence-corrected chi connectivity index (χ3v) is 4.81. The van der Waals surface area contributed by atoms with E-state index in [1.807, 2.05) is 12.1 Å². The van der Waals surface area contributed by atoms with Crippen LogP contribution >= 0.6 is 23.2 Å². The van der Waals surface area contributed by atoms with Crippen molar-refractivity contribution in [1.29, 1.82) is 0 Å². The Kier molecular flexibility index (Phi) is 4.25. The molecule has 18 heavy (non-hydrogen) atoms. The minimum Gasteiger partial charge on any atom is -0.314 e. The standard InChI is InChI=1S/C15H21Cl2N/c1-10(2)18-9-15(7-6-11(15)3)13-5-4-12(16)8-14(13)17/h4-5,8,10-11,18H,6-7,9H2,1-3H3. The van der Waals surface area contributed by atoms with Crippen LogP contribution in [0, 0.1) is 5.92 Å². The van der Waals surface area contributed by atoms with E-state index in [1.165, 1.54) is 18.4 Å². The lowest BCUT2D eigenvalue weighted by molar-refractivity contribution is 0.131. The van der Waals surface area contributed by atoms with Gasteiger partial charge in [-0.15, -0.1) is 0 Å². The largest absolute Gasteiger partial charge is 0.314 e. The molecule has 0 aliphatic heterocycles. The van der Waals surface area contributed by atoms with E-state index in [4.69, 9.17) is 23.2 Å². The molecule has 1 aliphatic carbocycles. The minimum atomic E-state index is 0.186. The maximum atomic E-state index is 6.39. The van der Waals surface area contributed by atoms with Crippen LogP contribution in [0.15, 0.2) is 18.2 Å². The van der Waals surface area contributed by atoms with Crippen molar-refractivity contribution in [2.75, 3.05) is 6.54 Å². The summed E-state index contributed by atoms with van der Waals surface area (Å²) in [5.41, 5.74) is 1.44. The quantitative estimate of drug-likeness (QED) is 0.849. The van der Waals surface area contributed by atoms with Crippen LogP contribution < -0.4 is 5.32 Å². The maximum Gasteiger partial charge on any atom is 0.0459 e. The summed E-state index contributed by atoms with van der Waals surface area (Å²) in [6.45, 7) is 7.67. The van der Waals surface area contributed by atoms with Crippen molar-refractivity contribution in [3.63, 3.8) is 0 Å². The number of hydrogen-bond acceptors (Lipinski definition) is 1. The van der Waals surface area contributed by atoms with Gasteiger partial charge in [0.05, 0.1) is 0 Å². The van der Waals surface area contributed by atoms with E-state index in [-0.39, 0.29) is 5.41 Å². The molecule has 0 aromatic heterocycles. The molecule has 0 saturated heterocycles. The molecule has 2 unspecified atom stereocenters. The zero-order valence-corrected chi connectivity index (χ0v) is 12.8. The SMILES string of the molecule is CC(C)NCC1(c2ccc(Cl)cc2Cl)CCC1C. The highest BCUT2D eigenvalue weighted by molar-refractivity contribution is 6.35.